The van der Waals surface area contributed by atoms with Crippen molar-refractivity contribution in [3.63, 3.8) is 0 Å². The zero-order valence-corrected chi connectivity index (χ0v) is 12.6. The third-order valence-electron chi connectivity index (χ3n) is 3.17. The minimum absolute atomic E-state index is 0.386. The number of carboxylic acid groups (broad SMARTS) is 1. The van der Waals surface area contributed by atoms with Crippen molar-refractivity contribution in [3.05, 3.63) is 65.5 Å². The summed E-state index contributed by atoms with van der Waals surface area (Å²) in [6, 6.07) is 4.62. The number of allylic oxidation sites excluding steroid dienone is 6. The molecule has 0 aromatic heterocycles. The molecule has 0 amide bonds. The van der Waals surface area contributed by atoms with Gasteiger partial charge < -0.3 is 5.11 Å². The van der Waals surface area contributed by atoms with Gasteiger partial charge in [0.15, 0.2) is 0 Å². The number of hydrogen-bond donors (Lipinski definition) is 1. The van der Waals surface area contributed by atoms with Crippen LogP contribution in [-0.4, -0.2) is 11.1 Å². The van der Waals surface area contributed by atoms with Crippen LogP contribution in [0.15, 0.2) is 48.6 Å². The maximum atomic E-state index is 14.1. The second-order valence-electron chi connectivity index (χ2n) is 4.48. The molecule has 1 aromatic rings. The van der Waals surface area contributed by atoms with E-state index in [2.05, 4.69) is 0 Å². The number of carbonyl (C=O) groups is 1. The Kier molecular flexibility index (Phi) is 6.60. The zero-order chi connectivity index (χ0) is 15.8. The molecule has 0 fully saturated rings. The third kappa shape index (κ3) is 4.42. The van der Waals surface area contributed by atoms with E-state index in [0.29, 0.717) is 11.1 Å². The Hall–Kier alpha value is -2.16. The van der Waals surface area contributed by atoms with E-state index in [1.54, 1.807) is 19.1 Å². The molecule has 1 atom stereocenters. The molecule has 0 radical (unpaired) electrons. The van der Waals surface area contributed by atoms with Gasteiger partial charge in [0, 0.05) is 5.56 Å². The molecule has 0 spiro atoms. The van der Waals surface area contributed by atoms with Gasteiger partial charge in [-0.25, -0.2) is 4.39 Å². The largest absolute Gasteiger partial charge is 0.481 e. The molecule has 1 aromatic carbocycles. The predicted octanol–water partition coefficient (Wildman–Crippen LogP) is 4.94. The fourth-order valence-electron chi connectivity index (χ4n) is 1.96. The summed E-state index contributed by atoms with van der Waals surface area (Å²) in [5.74, 6) is -2.04. The van der Waals surface area contributed by atoms with Crippen molar-refractivity contribution in [1.29, 1.82) is 0 Å². The Morgan fingerprint density at radius 2 is 2.00 bits per heavy atom. The summed E-state index contributed by atoms with van der Waals surface area (Å²) in [6.07, 6.45) is 10.3. The van der Waals surface area contributed by atoms with Crippen LogP contribution in [0.5, 0.6) is 0 Å². The molecular formula is C18H21FO2. The highest BCUT2D eigenvalue weighted by atomic mass is 19.1. The number of benzene rings is 1. The molecule has 112 valence electrons. The van der Waals surface area contributed by atoms with Crippen LogP contribution in [0, 0.1) is 5.82 Å². The summed E-state index contributed by atoms with van der Waals surface area (Å²) in [5.41, 5.74) is 1.79. The molecule has 1 aliphatic carbocycles. The summed E-state index contributed by atoms with van der Waals surface area (Å²) < 4.78 is 14.1. The molecule has 2 nitrogen and oxygen atoms in total. The molecule has 1 aliphatic rings. The molecular weight excluding hydrogens is 267 g/mol. The molecule has 3 heteroatoms. The fraction of sp³-hybridized carbons (Fsp3) is 0.278. The first-order chi connectivity index (χ1) is 10.1. The van der Waals surface area contributed by atoms with Crippen LogP contribution in [0.1, 0.15) is 44.2 Å². The van der Waals surface area contributed by atoms with Crippen LogP contribution in [0.2, 0.25) is 0 Å². The highest BCUT2D eigenvalue weighted by Gasteiger charge is 2.16. The van der Waals surface area contributed by atoms with Crippen LogP contribution in [-0.2, 0) is 4.79 Å². The molecule has 0 saturated carbocycles. The lowest BCUT2D eigenvalue weighted by Crippen LogP contribution is -2.08. The standard InChI is InChI=1S/C16H15FO2.C2H6/c1-11(16(18)19)13-8-9-14(15(17)10-13)12-6-4-2-3-5-7-12;1-2/h2-4,6-11H,5H2,1H3,(H,18,19);1-2H3. The molecule has 2 rings (SSSR count). The summed E-state index contributed by atoms with van der Waals surface area (Å²) in [4.78, 5) is 10.9. The highest BCUT2D eigenvalue weighted by Crippen LogP contribution is 2.25. The molecule has 1 unspecified atom stereocenters. The van der Waals surface area contributed by atoms with E-state index in [4.69, 9.17) is 5.11 Å². The number of halogens is 1. The Labute approximate surface area is 125 Å². The molecule has 1 N–H and O–H groups in total. The van der Waals surface area contributed by atoms with Gasteiger partial charge >= 0.3 is 5.97 Å². The molecule has 0 heterocycles. The van der Waals surface area contributed by atoms with Crippen LogP contribution in [0.25, 0.3) is 5.57 Å². The van der Waals surface area contributed by atoms with Gasteiger partial charge in [-0.3, -0.25) is 4.79 Å². The zero-order valence-electron chi connectivity index (χ0n) is 12.6. The fourth-order valence-corrected chi connectivity index (χ4v) is 1.96. The maximum absolute atomic E-state index is 14.1. The Bertz CT molecular complexity index is 583. The molecule has 0 saturated heterocycles. The quantitative estimate of drug-likeness (QED) is 0.855. The van der Waals surface area contributed by atoms with Crippen LogP contribution in [0.4, 0.5) is 4.39 Å². The lowest BCUT2D eigenvalue weighted by molar-refractivity contribution is -0.138. The van der Waals surface area contributed by atoms with Gasteiger partial charge in [0.1, 0.15) is 5.82 Å². The molecule has 0 bridgehead atoms. The summed E-state index contributed by atoms with van der Waals surface area (Å²) in [6.45, 7) is 5.55. The van der Waals surface area contributed by atoms with Crippen LogP contribution in [0.3, 0.4) is 0 Å². The normalized spacial score (nSPS) is 14.6. The Morgan fingerprint density at radius 1 is 1.29 bits per heavy atom. The van der Waals surface area contributed by atoms with Gasteiger partial charge in [-0.15, -0.1) is 0 Å². The van der Waals surface area contributed by atoms with Gasteiger partial charge in [0.25, 0.3) is 0 Å². The van der Waals surface area contributed by atoms with Crippen molar-refractivity contribution in [2.75, 3.05) is 0 Å². The molecule has 21 heavy (non-hydrogen) atoms. The SMILES string of the molecule is CC.CC(C(=O)O)c1ccc(C2=CCC=CC=C2)c(F)c1. The van der Waals surface area contributed by atoms with E-state index >= 15 is 0 Å². The van der Waals surface area contributed by atoms with Gasteiger partial charge in [0.05, 0.1) is 5.92 Å². The van der Waals surface area contributed by atoms with Crippen molar-refractivity contribution in [1.82, 2.24) is 0 Å². The van der Waals surface area contributed by atoms with Crippen LogP contribution >= 0.6 is 0 Å². The predicted molar refractivity (Wildman–Crippen MR) is 84.7 cm³/mol. The average molecular weight is 288 g/mol. The van der Waals surface area contributed by atoms with E-state index in [1.165, 1.54) is 6.07 Å². The maximum Gasteiger partial charge on any atom is 0.310 e. The van der Waals surface area contributed by atoms with Gasteiger partial charge in [-0.05, 0) is 30.5 Å². The van der Waals surface area contributed by atoms with E-state index in [9.17, 15) is 9.18 Å². The Balaban J connectivity index is 0.00000106. The lowest BCUT2D eigenvalue weighted by Gasteiger charge is -2.10. The minimum atomic E-state index is -0.954. The first kappa shape index (κ1) is 16.9. The second kappa shape index (κ2) is 8.20. The van der Waals surface area contributed by atoms with Crippen molar-refractivity contribution in [3.8, 4) is 0 Å². The first-order valence-corrected chi connectivity index (χ1v) is 7.15. The topological polar surface area (TPSA) is 37.3 Å². The average Bonchev–Trinajstić information content (AvgIpc) is 2.77. The number of carboxylic acids is 1. The summed E-state index contributed by atoms with van der Waals surface area (Å²) in [5, 5.41) is 8.93. The highest BCUT2D eigenvalue weighted by molar-refractivity contribution is 5.78. The smallest absolute Gasteiger partial charge is 0.310 e. The van der Waals surface area contributed by atoms with E-state index in [-0.39, 0.29) is 5.82 Å². The lowest BCUT2D eigenvalue weighted by atomic mass is 9.96. The third-order valence-corrected chi connectivity index (χ3v) is 3.17. The van der Waals surface area contributed by atoms with E-state index in [1.807, 2.05) is 44.2 Å². The number of rotatable bonds is 3. The molecule has 0 aliphatic heterocycles. The number of hydrogen-bond acceptors (Lipinski definition) is 1. The van der Waals surface area contributed by atoms with Crippen molar-refractivity contribution >= 4 is 11.5 Å². The van der Waals surface area contributed by atoms with Gasteiger partial charge in [0.2, 0.25) is 0 Å². The van der Waals surface area contributed by atoms with Gasteiger partial charge in [-0.1, -0.05) is 56.4 Å². The Morgan fingerprint density at radius 3 is 2.62 bits per heavy atom. The van der Waals surface area contributed by atoms with Crippen molar-refractivity contribution in [2.45, 2.75) is 33.1 Å². The van der Waals surface area contributed by atoms with Crippen LogP contribution < -0.4 is 0 Å². The monoisotopic (exact) mass is 288 g/mol. The van der Waals surface area contributed by atoms with Crippen molar-refractivity contribution in [2.24, 2.45) is 0 Å². The number of aliphatic carboxylic acids is 1. The van der Waals surface area contributed by atoms with E-state index < -0.39 is 11.9 Å². The summed E-state index contributed by atoms with van der Waals surface area (Å²) in [7, 11) is 0. The van der Waals surface area contributed by atoms with Crippen molar-refractivity contribution < 1.29 is 14.3 Å². The van der Waals surface area contributed by atoms with E-state index in [0.717, 1.165) is 12.0 Å². The summed E-state index contributed by atoms with van der Waals surface area (Å²) >= 11 is 0. The second-order valence-corrected chi connectivity index (χ2v) is 4.48. The van der Waals surface area contributed by atoms with Gasteiger partial charge in [-0.2, -0.15) is 0 Å². The minimum Gasteiger partial charge on any atom is -0.481 e. The first-order valence-electron chi connectivity index (χ1n) is 7.15.